The minimum Gasteiger partial charge on any atom is -0.369 e. The zero-order valence-electron chi connectivity index (χ0n) is 11.3. The Balaban J connectivity index is 2.11. The lowest BCUT2D eigenvalue weighted by Gasteiger charge is -2.07. The molecule has 0 fully saturated rings. The molecule has 2 aromatic rings. The Morgan fingerprint density at radius 2 is 2.05 bits per heavy atom. The number of aryl methyl sites for hydroxylation is 1. The summed E-state index contributed by atoms with van der Waals surface area (Å²) in [7, 11) is 0. The predicted molar refractivity (Wildman–Crippen MR) is 80.3 cm³/mol. The maximum absolute atomic E-state index is 12.0. The summed E-state index contributed by atoms with van der Waals surface area (Å²) < 4.78 is 0. The lowest BCUT2D eigenvalue weighted by molar-refractivity contribution is 0.102. The summed E-state index contributed by atoms with van der Waals surface area (Å²) in [5.74, 6) is 0.295. The van der Waals surface area contributed by atoms with Gasteiger partial charge in [-0.25, -0.2) is 0 Å². The average molecular weight is 291 g/mol. The van der Waals surface area contributed by atoms with Crippen molar-refractivity contribution in [1.29, 1.82) is 0 Å². The Hall–Kier alpha value is -2.14. The van der Waals surface area contributed by atoms with Crippen LogP contribution < -0.4 is 10.6 Å². The summed E-state index contributed by atoms with van der Waals surface area (Å²) in [5.41, 5.74) is 1.82. The molecule has 0 atom stereocenters. The molecule has 0 aliphatic carbocycles. The first-order valence-electron chi connectivity index (χ1n) is 6.25. The van der Waals surface area contributed by atoms with E-state index < -0.39 is 0 Å². The smallest absolute Gasteiger partial charge is 0.276 e. The van der Waals surface area contributed by atoms with Crippen molar-refractivity contribution in [2.24, 2.45) is 0 Å². The van der Waals surface area contributed by atoms with Gasteiger partial charge in [0.15, 0.2) is 5.69 Å². The average Bonchev–Trinajstić information content (AvgIpc) is 2.43. The minimum absolute atomic E-state index is 0.239. The molecule has 1 amide bonds. The number of aromatic nitrogens is 2. The lowest BCUT2D eigenvalue weighted by Crippen LogP contribution is -2.15. The molecule has 5 nitrogen and oxygen atoms in total. The van der Waals surface area contributed by atoms with Crippen LogP contribution in [-0.2, 0) is 0 Å². The summed E-state index contributed by atoms with van der Waals surface area (Å²) in [6.45, 7) is 4.64. The van der Waals surface area contributed by atoms with Crippen LogP contribution in [0, 0.1) is 6.92 Å². The second-order valence-electron chi connectivity index (χ2n) is 4.27. The number of anilines is 2. The summed E-state index contributed by atoms with van der Waals surface area (Å²) in [5, 5.41) is 14.0. The fourth-order valence-electron chi connectivity index (χ4n) is 1.64. The number of carbonyl (C=O) groups excluding carboxylic acids is 1. The molecule has 0 saturated heterocycles. The molecular formula is C14H15ClN4O. The molecule has 1 aromatic carbocycles. The highest BCUT2D eigenvalue weighted by molar-refractivity contribution is 6.34. The number of rotatable bonds is 4. The molecule has 20 heavy (non-hydrogen) atoms. The van der Waals surface area contributed by atoms with E-state index in [0.29, 0.717) is 16.5 Å². The van der Waals surface area contributed by atoms with Crippen LogP contribution in [0.3, 0.4) is 0 Å². The molecule has 2 rings (SSSR count). The van der Waals surface area contributed by atoms with Crippen LogP contribution in [0.1, 0.15) is 23.0 Å². The monoisotopic (exact) mass is 290 g/mol. The van der Waals surface area contributed by atoms with E-state index in [9.17, 15) is 4.79 Å². The van der Waals surface area contributed by atoms with Crippen LogP contribution in [0.15, 0.2) is 30.3 Å². The second kappa shape index (κ2) is 6.34. The Bertz CT molecular complexity index is 613. The van der Waals surface area contributed by atoms with Gasteiger partial charge in [0.25, 0.3) is 5.91 Å². The van der Waals surface area contributed by atoms with Crippen molar-refractivity contribution in [1.82, 2.24) is 10.2 Å². The number of amides is 1. The quantitative estimate of drug-likeness (QED) is 0.908. The van der Waals surface area contributed by atoms with Gasteiger partial charge in [-0.2, -0.15) is 0 Å². The normalized spacial score (nSPS) is 10.2. The molecule has 6 heteroatoms. The predicted octanol–water partition coefficient (Wildman–Crippen LogP) is 3.12. The Morgan fingerprint density at radius 3 is 2.65 bits per heavy atom. The summed E-state index contributed by atoms with van der Waals surface area (Å²) in [4.78, 5) is 12.0. The van der Waals surface area contributed by atoms with Crippen LogP contribution >= 0.6 is 11.6 Å². The van der Waals surface area contributed by atoms with E-state index in [0.717, 1.165) is 12.1 Å². The summed E-state index contributed by atoms with van der Waals surface area (Å²) in [6.07, 6.45) is 0. The van der Waals surface area contributed by atoms with Gasteiger partial charge < -0.3 is 10.6 Å². The summed E-state index contributed by atoms with van der Waals surface area (Å²) >= 11 is 6.07. The molecule has 104 valence electrons. The molecule has 0 aliphatic heterocycles. The number of nitrogens with zero attached hydrogens (tertiary/aromatic N) is 2. The molecular weight excluding hydrogens is 276 g/mol. The van der Waals surface area contributed by atoms with Crippen LogP contribution in [0.25, 0.3) is 0 Å². The molecule has 1 heterocycles. The van der Waals surface area contributed by atoms with E-state index in [1.54, 1.807) is 24.3 Å². The van der Waals surface area contributed by atoms with Gasteiger partial charge in [-0.15, -0.1) is 10.2 Å². The zero-order chi connectivity index (χ0) is 14.5. The first-order chi connectivity index (χ1) is 9.60. The van der Waals surface area contributed by atoms with Crippen molar-refractivity contribution in [3.05, 3.63) is 46.6 Å². The largest absolute Gasteiger partial charge is 0.369 e. The van der Waals surface area contributed by atoms with E-state index in [1.807, 2.05) is 19.9 Å². The zero-order valence-corrected chi connectivity index (χ0v) is 12.0. The van der Waals surface area contributed by atoms with E-state index in [2.05, 4.69) is 20.8 Å². The molecule has 0 bridgehead atoms. The summed E-state index contributed by atoms with van der Waals surface area (Å²) in [6, 6.07) is 8.75. The van der Waals surface area contributed by atoms with E-state index in [4.69, 9.17) is 11.6 Å². The number of carbonyl (C=O) groups is 1. The number of hydrogen-bond acceptors (Lipinski definition) is 4. The molecule has 0 radical (unpaired) electrons. The highest BCUT2D eigenvalue weighted by Crippen LogP contribution is 2.23. The first-order valence-corrected chi connectivity index (χ1v) is 6.63. The van der Waals surface area contributed by atoms with Gasteiger partial charge in [-0.1, -0.05) is 17.7 Å². The first kappa shape index (κ1) is 14.3. The Kier molecular flexibility index (Phi) is 4.53. The van der Waals surface area contributed by atoms with Gasteiger partial charge in [0.1, 0.15) is 5.82 Å². The van der Waals surface area contributed by atoms with Crippen molar-refractivity contribution in [3.63, 3.8) is 0 Å². The van der Waals surface area contributed by atoms with Crippen molar-refractivity contribution in [3.8, 4) is 0 Å². The molecule has 0 unspecified atom stereocenters. The van der Waals surface area contributed by atoms with Gasteiger partial charge >= 0.3 is 0 Å². The fourth-order valence-corrected chi connectivity index (χ4v) is 1.92. The highest BCUT2D eigenvalue weighted by Gasteiger charge is 2.10. The lowest BCUT2D eigenvalue weighted by atomic mass is 10.2. The number of benzene rings is 1. The molecule has 0 saturated carbocycles. The SMILES string of the molecule is CCNc1ccc(C(=O)Nc2ccc(C)cc2Cl)nn1. The van der Waals surface area contributed by atoms with Crippen molar-refractivity contribution >= 4 is 29.0 Å². The third-order valence-electron chi connectivity index (χ3n) is 2.63. The number of nitrogens with one attached hydrogen (secondary N) is 2. The number of halogens is 1. The van der Waals surface area contributed by atoms with Crippen LogP contribution in [0.4, 0.5) is 11.5 Å². The molecule has 2 N–H and O–H groups in total. The van der Waals surface area contributed by atoms with Crippen molar-refractivity contribution < 1.29 is 4.79 Å². The van der Waals surface area contributed by atoms with Gasteiger partial charge in [0.05, 0.1) is 10.7 Å². The second-order valence-corrected chi connectivity index (χ2v) is 4.68. The molecule has 0 spiro atoms. The standard InChI is InChI=1S/C14H15ClN4O/c1-3-16-13-7-6-12(18-19-13)14(20)17-11-5-4-9(2)8-10(11)15/h4-8H,3H2,1-2H3,(H,16,19)(H,17,20). The fraction of sp³-hybridized carbons (Fsp3) is 0.214. The number of hydrogen-bond donors (Lipinski definition) is 2. The van der Waals surface area contributed by atoms with Crippen molar-refractivity contribution in [2.75, 3.05) is 17.2 Å². The minimum atomic E-state index is -0.341. The molecule has 1 aromatic heterocycles. The van der Waals surface area contributed by atoms with E-state index >= 15 is 0 Å². The Labute approximate surface area is 122 Å². The third kappa shape index (κ3) is 3.45. The maximum Gasteiger partial charge on any atom is 0.276 e. The maximum atomic E-state index is 12.0. The van der Waals surface area contributed by atoms with Gasteiger partial charge in [0.2, 0.25) is 0 Å². The van der Waals surface area contributed by atoms with Crippen LogP contribution in [0.2, 0.25) is 5.02 Å². The van der Waals surface area contributed by atoms with Gasteiger partial charge in [-0.05, 0) is 43.7 Å². The van der Waals surface area contributed by atoms with Crippen molar-refractivity contribution in [2.45, 2.75) is 13.8 Å². The van der Waals surface area contributed by atoms with E-state index in [-0.39, 0.29) is 11.6 Å². The van der Waals surface area contributed by atoms with Gasteiger partial charge in [-0.3, -0.25) is 4.79 Å². The molecule has 0 aliphatic rings. The Morgan fingerprint density at radius 1 is 1.25 bits per heavy atom. The van der Waals surface area contributed by atoms with Gasteiger partial charge in [0, 0.05) is 6.54 Å². The topological polar surface area (TPSA) is 66.9 Å². The third-order valence-corrected chi connectivity index (χ3v) is 2.94. The van der Waals surface area contributed by atoms with Crippen LogP contribution in [-0.4, -0.2) is 22.6 Å². The van der Waals surface area contributed by atoms with E-state index in [1.165, 1.54) is 0 Å². The van der Waals surface area contributed by atoms with Crippen LogP contribution in [0.5, 0.6) is 0 Å². The highest BCUT2D eigenvalue weighted by atomic mass is 35.5.